The predicted molar refractivity (Wildman–Crippen MR) is 78.6 cm³/mol. The number of hydrogen-bond acceptors (Lipinski definition) is 6. The first-order valence-electron chi connectivity index (χ1n) is 6.53. The third-order valence-electron chi connectivity index (χ3n) is 2.76. The molecule has 0 saturated heterocycles. The SMILES string of the molecule is CCCn1c(CN)nnc1SCc1cccc(OC)n1. The quantitative estimate of drug-likeness (QED) is 0.785. The van der Waals surface area contributed by atoms with E-state index in [1.807, 2.05) is 18.2 Å². The van der Waals surface area contributed by atoms with Crippen LogP contribution in [0.4, 0.5) is 0 Å². The molecule has 0 radical (unpaired) electrons. The number of rotatable bonds is 7. The molecule has 0 fully saturated rings. The summed E-state index contributed by atoms with van der Waals surface area (Å²) in [7, 11) is 1.62. The van der Waals surface area contributed by atoms with Crippen molar-refractivity contribution in [1.29, 1.82) is 0 Å². The van der Waals surface area contributed by atoms with E-state index in [4.69, 9.17) is 10.5 Å². The van der Waals surface area contributed by atoms with Crippen LogP contribution in [0.5, 0.6) is 5.88 Å². The Kier molecular flexibility index (Phi) is 5.37. The molecule has 0 amide bonds. The highest BCUT2D eigenvalue weighted by atomic mass is 32.2. The van der Waals surface area contributed by atoms with Gasteiger partial charge in [0.05, 0.1) is 19.3 Å². The molecule has 0 aromatic carbocycles. The molecule has 7 heteroatoms. The first-order valence-corrected chi connectivity index (χ1v) is 7.52. The number of ether oxygens (including phenoxy) is 1. The summed E-state index contributed by atoms with van der Waals surface area (Å²) in [5, 5.41) is 9.21. The van der Waals surface area contributed by atoms with E-state index in [1.54, 1.807) is 18.9 Å². The topological polar surface area (TPSA) is 78.9 Å². The van der Waals surface area contributed by atoms with E-state index in [0.29, 0.717) is 12.4 Å². The molecular weight excluding hydrogens is 274 g/mol. The normalized spacial score (nSPS) is 10.8. The molecule has 2 aromatic heterocycles. The Bertz CT molecular complexity index is 557. The fraction of sp³-hybridized carbons (Fsp3) is 0.462. The van der Waals surface area contributed by atoms with Gasteiger partial charge < -0.3 is 15.0 Å². The Balaban J connectivity index is 2.08. The fourth-order valence-corrected chi connectivity index (χ4v) is 2.70. The van der Waals surface area contributed by atoms with E-state index < -0.39 is 0 Å². The van der Waals surface area contributed by atoms with Crippen molar-refractivity contribution in [3.05, 3.63) is 29.7 Å². The van der Waals surface area contributed by atoms with Gasteiger partial charge in [-0.05, 0) is 12.5 Å². The average molecular weight is 293 g/mol. The fourth-order valence-electron chi connectivity index (χ4n) is 1.82. The Morgan fingerprint density at radius 1 is 1.35 bits per heavy atom. The van der Waals surface area contributed by atoms with Gasteiger partial charge in [-0.15, -0.1) is 10.2 Å². The van der Waals surface area contributed by atoms with Crippen LogP contribution < -0.4 is 10.5 Å². The third kappa shape index (κ3) is 3.49. The first-order chi connectivity index (χ1) is 9.78. The molecular formula is C13H19N5OS. The van der Waals surface area contributed by atoms with Gasteiger partial charge in [-0.2, -0.15) is 0 Å². The van der Waals surface area contributed by atoms with Gasteiger partial charge in [0.15, 0.2) is 5.16 Å². The molecule has 0 aliphatic rings. The van der Waals surface area contributed by atoms with Crippen LogP contribution in [0, 0.1) is 0 Å². The molecule has 0 spiro atoms. The second kappa shape index (κ2) is 7.25. The number of nitrogens with zero attached hydrogens (tertiary/aromatic N) is 4. The van der Waals surface area contributed by atoms with Crippen LogP contribution in [0.25, 0.3) is 0 Å². The molecule has 2 aromatic rings. The monoisotopic (exact) mass is 293 g/mol. The number of methoxy groups -OCH3 is 1. The van der Waals surface area contributed by atoms with Crippen LogP contribution in [-0.4, -0.2) is 26.9 Å². The van der Waals surface area contributed by atoms with E-state index in [0.717, 1.165) is 35.4 Å². The summed E-state index contributed by atoms with van der Waals surface area (Å²) in [6, 6.07) is 5.74. The highest BCUT2D eigenvalue weighted by Crippen LogP contribution is 2.22. The minimum Gasteiger partial charge on any atom is -0.481 e. The van der Waals surface area contributed by atoms with Gasteiger partial charge in [0, 0.05) is 18.4 Å². The zero-order valence-electron chi connectivity index (χ0n) is 11.7. The lowest BCUT2D eigenvalue weighted by Gasteiger charge is -2.07. The summed E-state index contributed by atoms with van der Waals surface area (Å²) < 4.78 is 7.19. The zero-order chi connectivity index (χ0) is 14.4. The number of pyridine rings is 1. The zero-order valence-corrected chi connectivity index (χ0v) is 12.6. The molecule has 2 heterocycles. The average Bonchev–Trinajstić information content (AvgIpc) is 2.88. The summed E-state index contributed by atoms with van der Waals surface area (Å²) in [5.74, 6) is 2.18. The lowest BCUT2D eigenvalue weighted by molar-refractivity contribution is 0.397. The van der Waals surface area contributed by atoms with Gasteiger partial charge in [-0.3, -0.25) is 0 Å². The molecule has 0 unspecified atom stereocenters. The Morgan fingerprint density at radius 2 is 2.20 bits per heavy atom. The molecule has 2 rings (SSSR count). The summed E-state index contributed by atoms with van der Waals surface area (Å²) in [5.41, 5.74) is 6.63. The van der Waals surface area contributed by atoms with Crippen molar-refractivity contribution in [1.82, 2.24) is 19.7 Å². The van der Waals surface area contributed by atoms with Crippen molar-refractivity contribution >= 4 is 11.8 Å². The highest BCUT2D eigenvalue weighted by molar-refractivity contribution is 7.98. The van der Waals surface area contributed by atoms with Crippen molar-refractivity contribution in [2.75, 3.05) is 7.11 Å². The van der Waals surface area contributed by atoms with Crippen LogP contribution in [0.1, 0.15) is 24.9 Å². The van der Waals surface area contributed by atoms with Crippen molar-refractivity contribution in [2.24, 2.45) is 5.73 Å². The van der Waals surface area contributed by atoms with Crippen LogP contribution in [0.2, 0.25) is 0 Å². The van der Waals surface area contributed by atoms with Crippen LogP contribution in [0.3, 0.4) is 0 Å². The second-order valence-corrected chi connectivity index (χ2v) is 5.16. The highest BCUT2D eigenvalue weighted by Gasteiger charge is 2.11. The molecule has 6 nitrogen and oxygen atoms in total. The lowest BCUT2D eigenvalue weighted by Crippen LogP contribution is -2.09. The van der Waals surface area contributed by atoms with Crippen LogP contribution in [-0.2, 0) is 18.8 Å². The number of hydrogen-bond donors (Lipinski definition) is 1. The lowest BCUT2D eigenvalue weighted by atomic mass is 10.4. The second-order valence-electron chi connectivity index (χ2n) is 4.21. The van der Waals surface area contributed by atoms with Gasteiger partial charge in [0.25, 0.3) is 0 Å². The van der Waals surface area contributed by atoms with Gasteiger partial charge in [-0.25, -0.2) is 4.98 Å². The minimum atomic E-state index is 0.408. The molecule has 108 valence electrons. The summed E-state index contributed by atoms with van der Waals surface area (Å²) in [6.07, 6.45) is 1.02. The molecule has 2 N–H and O–H groups in total. The predicted octanol–water partition coefficient (Wildman–Crippen LogP) is 1.84. The summed E-state index contributed by atoms with van der Waals surface area (Å²) in [4.78, 5) is 4.38. The first kappa shape index (κ1) is 14.8. The number of thioether (sulfide) groups is 1. The molecule has 20 heavy (non-hydrogen) atoms. The molecule has 0 saturated carbocycles. The maximum atomic E-state index is 5.68. The smallest absolute Gasteiger partial charge is 0.213 e. The molecule has 0 aliphatic carbocycles. The van der Waals surface area contributed by atoms with Gasteiger partial charge >= 0.3 is 0 Å². The summed E-state index contributed by atoms with van der Waals surface area (Å²) >= 11 is 1.61. The van der Waals surface area contributed by atoms with E-state index >= 15 is 0 Å². The molecule has 0 aliphatic heterocycles. The van der Waals surface area contributed by atoms with Gasteiger partial charge in [0.1, 0.15) is 5.82 Å². The minimum absolute atomic E-state index is 0.408. The standard InChI is InChI=1S/C13H19N5OS/c1-3-7-18-11(8-14)16-17-13(18)20-9-10-5-4-6-12(15-10)19-2/h4-6H,3,7-9,14H2,1-2H3. The summed E-state index contributed by atoms with van der Waals surface area (Å²) in [6.45, 7) is 3.41. The van der Waals surface area contributed by atoms with Crippen molar-refractivity contribution in [3.63, 3.8) is 0 Å². The maximum absolute atomic E-state index is 5.68. The number of aromatic nitrogens is 4. The Hall–Kier alpha value is -1.60. The van der Waals surface area contributed by atoms with Gasteiger partial charge in [-0.1, -0.05) is 24.8 Å². The molecule has 0 atom stereocenters. The van der Waals surface area contributed by atoms with E-state index in [9.17, 15) is 0 Å². The maximum Gasteiger partial charge on any atom is 0.213 e. The van der Waals surface area contributed by atoms with Crippen LogP contribution >= 0.6 is 11.8 Å². The van der Waals surface area contributed by atoms with E-state index in [1.165, 1.54) is 0 Å². The van der Waals surface area contributed by atoms with E-state index in [2.05, 4.69) is 26.7 Å². The molecule has 0 bridgehead atoms. The Morgan fingerprint density at radius 3 is 2.90 bits per heavy atom. The Labute approximate surface area is 122 Å². The van der Waals surface area contributed by atoms with Crippen molar-refractivity contribution in [2.45, 2.75) is 37.3 Å². The largest absolute Gasteiger partial charge is 0.481 e. The van der Waals surface area contributed by atoms with Crippen molar-refractivity contribution in [3.8, 4) is 5.88 Å². The van der Waals surface area contributed by atoms with E-state index in [-0.39, 0.29) is 0 Å². The van der Waals surface area contributed by atoms with Crippen molar-refractivity contribution < 1.29 is 4.74 Å². The number of nitrogens with two attached hydrogens (primary N) is 1. The van der Waals surface area contributed by atoms with Crippen LogP contribution in [0.15, 0.2) is 23.4 Å². The third-order valence-corrected chi connectivity index (χ3v) is 3.76. The van der Waals surface area contributed by atoms with Gasteiger partial charge in [0.2, 0.25) is 5.88 Å².